The first-order valence-electron chi connectivity index (χ1n) is 9.94. The first-order valence-corrected chi connectivity index (χ1v) is 9.94. The van der Waals surface area contributed by atoms with Crippen molar-refractivity contribution in [1.29, 1.82) is 0 Å². The van der Waals surface area contributed by atoms with E-state index in [0.29, 0.717) is 25.9 Å². The molecule has 2 atom stereocenters. The zero-order valence-corrected chi connectivity index (χ0v) is 15.5. The fraction of sp³-hybridized carbons (Fsp3) is 0.304. The molecule has 3 aliphatic rings. The summed E-state index contributed by atoms with van der Waals surface area (Å²) in [5.41, 5.74) is 3.65. The lowest BCUT2D eigenvalue weighted by molar-refractivity contribution is -0.162. The van der Waals surface area contributed by atoms with Crippen molar-refractivity contribution in [3.05, 3.63) is 71.4 Å². The van der Waals surface area contributed by atoms with Crippen LogP contribution in [0.3, 0.4) is 0 Å². The number of hydrogen-bond donors (Lipinski definition) is 1. The van der Waals surface area contributed by atoms with E-state index in [1.807, 2.05) is 52.3 Å². The number of aromatic nitrogens is 1. The fourth-order valence-corrected chi connectivity index (χ4v) is 5.49. The number of piperazine rings is 1. The largest absolute Gasteiger partial charge is 0.358 e. The first kappa shape index (κ1) is 15.9. The summed E-state index contributed by atoms with van der Waals surface area (Å²) < 4.78 is 0. The van der Waals surface area contributed by atoms with Crippen LogP contribution in [0.4, 0.5) is 0 Å². The van der Waals surface area contributed by atoms with Crippen LogP contribution in [-0.4, -0.2) is 39.2 Å². The summed E-state index contributed by atoms with van der Waals surface area (Å²) in [4.78, 5) is 34.1. The molecule has 4 heterocycles. The Morgan fingerprint density at radius 1 is 1.00 bits per heavy atom. The lowest BCUT2D eigenvalue weighted by atomic mass is 9.81. The minimum atomic E-state index is -0.835. The van der Waals surface area contributed by atoms with E-state index >= 15 is 0 Å². The number of H-pyrrole nitrogens is 1. The lowest BCUT2D eigenvalue weighted by Crippen LogP contribution is -2.66. The molecule has 5 nitrogen and oxygen atoms in total. The maximum Gasteiger partial charge on any atom is 0.253 e. The molecule has 1 aromatic heterocycles. The molecule has 1 N–H and O–H groups in total. The first-order chi connectivity index (χ1) is 13.7. The molecular formula is C23H21N3O2. The van der Waals surface area contributed by atoms with E-state index in [1.165, 1.54) is 16.6 Å². The van der Waals surface area contributed by atoms with Gasteiger partial charge in [-0.05, 0) is 18.1 Å². The summed E-state index contributed by atoms with van der Waals surface area (Å²) in [6.07, 6.45) is 1.78. The van der Waals surface area contributed by atoms with Crippen molar-refractivity contribution in [3.63, 3.8) is 0 Å². The van der Waals surface area contributed by atoms with Gasteiger partial charge in [0.25, 0.3) is 5.91 Å². The fourth-order valence-electron chi connectivity index (χ4n) is 5.49. The molecule has 2 fully saturated rings. The monoisotopic (exact) mass is 371 g/mol. The second-order valence-corrected chi connectivity index (χ2v) is 8.15. The molecule has 28 heavy (non-hydrogen) atoms. The number of amides is 2. The quantitative estimate of drug-likeness (QED) is 0.715. The molecule has 0 bridgehead atoms. The Labute approximate surface area is 162 Å². The number of nitrogens with zero attached hydrogens (tertiary/aromatic N) is 2. The highest BCUT2D eigenvalue weighted by Gasteiger charge is 2.59. The van der Waals surface area contributed by atoms with E-state index in [-0.39, 0.29) is 17.9 Å². The van der Waals surface area contributed by atoms with Crippen LogP contribution in [0.25, 0.3) is 10.9 Å². The molecule has 3 aliphatic heterocycles. The van der Waals surface area contributed by atoms with Crippen LogP contribution < -0.4 is 0 Å². The van der Waals surface area contributed by atoms with Gasteiger partial charge in [-0.1, -0.05) is 48.5 Å². The SMILES string of the molecule is O=C1CCC2(c3ccccc3)C(=O)N3Cc4c([nH]c5ccccc45)CC3CN12. The van der Waals surface area contributed by atoms with Gasteiger partial charge >= 0.3 is 0 Å². The van der Waals surface area contributed by atoms with Gasteiger partial charge in [0.1, 0.15) is 5.54 Å². The van der Waals surface area contributed by atoms with Crippen molar-refractivity contribution < 1.29 is 9.59 Å². The number of carbonyl (C=O) groups is 2. The molecule has 2 saturated heterocycles. The smallest absolute Gasteiger partial charge is 0.253 e. The Bertz CT molecular complexity index is 1120. The van der Waals surface area contributed by atoms with Crippen molar-refractivity contribution in [2.75, 3.05) is 6.54 Å². The third-order valence-electron chi connectivity index (χ3n) is 6.83. The average molecular weight is 371 g/mol. The van der Waals surface area contributed by atoms with Gasteiger partial charge in [-0.25, -0.2) is 0 Å². The molecule has 6 rings (SSSR count). The Kier molecular flexibility index (Phi) is 3.11. The third-order valence-corrected chi connectivity index (χ3v) is 6.83. The second kappa shape index (κ2) is 5.47. The normalized spacial score (nSPS) is 26.4. The molecule has 2 unspecified atom stereocenters. The number of rotatable bonds is 1. The van der Waals surface area contributed by atoms with Gasteiger partial charge in [-0.3, -0.25) is 9.59 Å². The van der Waals surface area contributed by atoms with E-state index in [4.69, 9.17) is 0 Å². The van der Waals surface area contributed by atoms with Crippen molar-refractivity contribution in [2.24, 2.45) is 0 Å². The number of hydrogen-bond acceptors (Lipinski definition) is 2. The highest BCUT2D eigenvalue weighted by atomic mass is 16.2. The second-order valence-electron chi connectivity index (χ2n) is 8.15. The Balaban J connectivity index is 1.48. The van der Waals surface area contributed by atoms with Crippen molar-refractivity contribution in [1.82, 2.24) is 14.8 Å². The van der Waals surface area contributed by atoms with E-state index in [1.54, 1.807) is 0 Å². The van der Waals surface area contributed by atoms with E-state index in [9.17, 15) is 9.59 Å². The van der Waals surface area contributed by atoms with Crippen LogP contribution in [0.15, 0.2) is 54.6 Å². The highest BCUT2D eigenvalue weighted by Crippen LogP contribution is 2.46. The molecule has 5 heteroatoms. The zero-order chi connectivity index (χ0) is 18.9. The Hall–Kier alpha value is -3.08. The van der Waals surface area contributed by atoms with Crippen LogP contribution >= 0.6 is 0 Å². The number of carbonyl (C=O) groups excluding carboxylic acids is 2. The molecule has 0 saturated carbocycles. The predicted molar refractivity (Wildman–Crippen MR) is 105 cm³/mol. The number of benzene rings is 2. The van der Waals surface area contributed by atoms with Crippen molar-refractivity contribution in [3.8, 4) is 0 Å². The van der Waals surface area contributed by atoms with E-state index < -0.39 is 5.54 Å². The highest BCUT2D eigenvalue weighted by molar-refractivity contribution is 5.97. The Morgan fingerprint density at radius 3 is 2.64 bits per heavy atom. The molecule has 3 aromatic rings. The van der Waals surface area contributed by atoms with Crippen LogP contribution in [0, 0.1) is 0 Å². The lowest BCUT2D eigenvalue weighted by Gasteiger charge is -2.51. The number of nitrogens with one attached hydrogen (secondary N) is 1. The molecular weight excluding hydrogens is 350 g/mol. The average Bonchev–Trinajstić information content (AvgIpc) is 3.26. The maximum atomic E-state index is 13.9. The maximum absolute atomic E-state index is 13.9. The number of fused-ring (bicyclic) bond motifs is 5. The molecule has 2 amide bonds. The van der Waals surface area contributed by atoms with Crippen LogP contribution in [0.2, 0.25) is 0 Å². The summed E-state index contributed by atoms with van der Waals surface area (Å²) in [7, 11) is 0. The molecule has 2 aromatic carbocycles. The van der Waals surface area contributed by atoms with E-state index in [0.717, 1.165) is 17.5 Å². The van der Waals surface area contributed by atoms with Gasteiger partial charge in [-0.15, -0.1) is 0 Å². The van der Waals surface area contributed by atoms with Gasteiger partial charge in [0.15, 0.2) is 0 Å². The number of aromatic amines is 1. The molecule has 0 radical (unpaired) electrons. The molecule has 0 aliphatic carbocycles. The molecule has 0 spiro atoms. The van der Waals surface area contributed by atoms with Gasteiger partial charge in [0.05, 0.1) is 6.04 Å². The standard InChI is InChI=1S/C23H21N3O2/c27-21-10-11-23(15-6-2-1-3-7-15)22(28)25-14-18-17-8-4-5-9-19(17)24-20(18)12-16(25)13-26(21)23/h1-9,16,24H,10-14H2. The predicted octanol–water partition coefficient (Wildman–Crippen LogP) is 2.95. The summed E-state index contributed by atoms with van der Waals surface area (Å²) in [5, 5.41) is 1.20. The third kappa shape index (κ3) is 1.91. The van der Waals surface area contributed by atoms with Gasteiger partial charge in [0.2, 0.25) is 5.91 Å². The van der Waals surface area contributed by atoms with E-state index in [2.05, 4.69) is 17.1 Å². The summed E-state index contributed by atoms with van der Waals surface area (Å²) in [5.74, 6) is 0.177. The molecule has 140 valence electrons. The van der Waals surface area contributed by atoms with Gasteiger partial charge in [0, 0.05) is 48.1 Å². The Morgan fingerprint density at radius 2 is 1.79 bits per heavy atom. The minimum absolute atomic E-state index is 0.0342. The van der Waals surface area contributed by atoms with Crippen molar-refractivity contribution >= 4 is 22.7 Å². The van der Waals surface area contributed by atoms with Crippen molar-refractivity contribution in [2.45, 2.75) is 37.4 Å². The summed E-state index contributed by atoms with van der Waals surface area (Å²) in [6.45, 7) is 1.22. The minimum Gasteiger partial charge on any atom is -0.358 e. The summed E-state index contributed by atoms with van der Waals surface area (Å²) in [6, 6.07) is 18.2. The number of para-hydroxylation sites is 1. The van der Waals surface area contributed by atoms with Crippen LogP contribution in [-0.2, 0) is 28.1 Å². The van der Waals surface area contributed by atoms with Gasteiger partial charge in [-0.2, -0.15) is 0 Å². The summed E-state index contributed by atoms with van der Waals surface area (Å²) >= 11 is 0. The topological polar surface area (TPSA) is 56.4 Å². The van der Waals surface area contributed by atoms with Crippen LogP contribution in [0.5, 0.6) is 0 Å². The zero-order valence-electron chi connectivity index (χ0n) is 15.5. The van der Waals surface area contributed by atoms with Gasteiger partial charge < -0.3 is 14.8 Å². The van der Waals surface area contributed by atoms with Crippen LogP contribution in [0.1, 0.15) is 29.7 Å².